The largest absolute Gasteiger partial charge is 0.444 e. The fraction of sp³-hybridized carbons (Fsp3) is 0.538. The Morgan fingerprint density at radius 2 is 2.33 bits per heavy atom. The third-order valence-electron chi connectivity index (χ3n) is 3.04. The second-order valence-electron chi connectivity index (χ2n) is 4.99. The summed E-state index contributed by atoms with van der Waals surface area (Å²) in [5, 5.41) is 0. The van der Waals surface area contributed by atoms with Crippen LogP contribution in [-0.2, 0) is 14.3 Å². The highest BCUT2D eigenvalue weighted by Crippen LogP contribution is 2.25. The van der Waals surface area contributed by atoms with Crippen molar-refractivity contribution < 1.29 is 19.1 Å². The Morgan fingerprint density at radius 1 is 1.56 bits per heavy atom. The van der Waals surface area contributed by atoms with Gasteiger partial charge in [-0.25, -0.2) is 4.79 Å². The van der Waals surface area contributed by atoms with E-state index >= 15 is 0 Å². The minimum atomic E-state index is -0.462. The monoisotopic (exact) mass is 251 g/mol. The lowest BCUT2D eigenvalue weighted by Crippen LogP contribution is -2.30. The smallest absolute Gasteiger partial charge is 0.412 e. The van der Waals surface area contributed by atoms with E-state index in [1.165, 1.54) is 11.0 Å². The number of ketones is 1. The van der Waals surface area contributed by atoms with Gasteiger partial charge in [-0.1, -0.05) is 12.2 Å². The van der Waals surface area contributed by atoms with Gasteiger partial charge in [0.15, 0.2) is 5.78 Å². The van der Waals surface area contributed by atoms with E-state index in [0.717, 1.165) is 0 Å². The summed E-state index contributed by atoms with van der Waals surface area (Å²) in [4.78, 5) is 24.8. The number of carbonyl (C=O) groups is 2. The van der Waals surface area contributed by atoms with Crippen LogP contribution >= 0.6 is 0 Å². The first-order valence-corrected chi connectivity index (χ1v) is 5.93. The van der Waals surface area contributed by atoms with Crippen molar-refractivity contribution >= 4 is 11.9 Å². The van der Waals surface area contributed by atoms with Crippen LogP contribution in [0.2, 0.25) is 0 Å². The Kier molecular flexibility index (Phi) is 3.52. The highest BCUT2D eigenvalue weighted by atomic mass is 16.6. The topological polar surface area (TPSA) is 55.8 Å². The number of carbonyl (C=O) groups excluding carboxylic acids is 2. The number of allylic oxidation sites excluding steroid dienone is 2. The van der Waals surface area contributed by atoms with Crippen molar-refractivity contribution in [3.8, 4) is 0 Å². The van der Waals surface area contributed by atoms with Gasteiger partial charge in [-0.15, -0.1) is 0 Å². The summed E-state index contributed by atoms with van der Waals surface area (Å²) in [6.45, 7) is 5.21. The molecule has 0 spiro atoms. The van der Waals surface area contributed by atoms with Crippen molar-refractivity contribution in [2.24, 2.45) is 5.41 Å². The Hall–Kier alpha value is -1.62. The zero-order valence-electron chi connectivity index (χ0n) is 10.6. The molecule has 1 fully saturated rings. The second kappa shape index (κ2) is 4.94. The summed E-state index contributed by atoms with van der Waals surface area (Å²) < 4.78 is 10.2. The average Bonchev–Trinajstić information content (AvgIpc) is 2.84. The van der Waals surface area contributed by atoms with Crippen molar-refractivity contribution in [3.05, 3.63) is 23.8 Å². The molecule has 5 heteroatoms. The van der Waals surface area contributed by atoms with E-state index in [-0.39, 0.29) is 19.1 Å². The molecular formula is C13H17NO4. The molecule has 98 valence electrons. The Balaban J connectivity index is 1.86. The van der Waals surface area contributed by atoms with E-state index in [1.807, 2.05) is 26.0 Å². The van der Waals surface area contributed by atoms with Crippen molar-refractivity contribution in [1.29, 1.82) is 0 Å². The molecule has 2 aliphatic rings. The molecule has 0 saturated carbocycles. The minimum absolute atomic E-state index is 0.0283. The van der Waals surface area contributed by atoms with Gasteiger partial charge in [0.25, 0.3) is 0 Å². The molecule has 0 bridgehead atoms. The van der Waals surface area contributed by atoms with Crippen LogP contribution in [0.15, 0.2) is 23.8 Å². The van der Waals surface area contributed by atoms with Gasteiger partial charge in [0.1, 0.15) is 13.3 Å². The van der Waals surface area contributed by atoms with E-state index in [4.69, 9.17) is 9.47 Å². The molecular weight excluding hydrogens is 234 g/mol. The molecule has 1 aliphatic heterocycles. The Labute approximate surface area is 106 Å². The van der Waals surface area contributed by atoms with Gasteiger partial charge in [0.05, 0.1) is 6.61 Å². The van der Waals surface area contributed by atoms with Crippen LogP contribution in [-0.4, -0.2) is 43.3 Å². The lowest BCUT2D eigenvalue weighted by molar-refractivity contribution is -0.120. The van der Waals surface area contributed by atoms with E-state index in [0.29, 0.717) is 18.7 Å². The van der Waals surface area contributed by atoms with Crippen LogP contribution in [0.1, 0.15) is 13.8 Å². The first-order valence-electron chi connectivity index (χ1n) is 5.93. The predicted octanol–water partition coefficient (Wildman–Crippen LogP) is 1.50. The van der Waals surface area contributed by atoms with Gasteiger partial charge < -0.3 is 9.47 Å². The molecule has 1 saturated heterocycles. The standard InChI is InChI=1S/C13H17NO4/c1-13(2)4-3-10(7-11(13)15)8-18-12(16)14-5-6-17-9-14/h3-4,7H,5-6,8-9H2,1-2H3. The number of ether oxygens (including phenoxy) is 2. The summed E-state index contributed by atoms with van der Waals surface area (Å²) in [6, 6.07) is 0. The zero-order valence-corrected chi connectivity index (χ0v) is 10.6. The van der Waals surface area contributed by atoms with Gasteiger partial charge in [0.2, 0.25) is 0 Å². The maximum absolute atomic E-state index is 11.7. The normalized spacial score (nSPS) is 22.0. The number of amides is 1. The van der Waals surface area contributed by atoms with Crippen LogP contribution in [0.5, 0.6) is 0 Å². The highest BCUT2D eigenvalue weighted by molar-refractivity contribution is 5.98. The molecule has 5 nitrogen and oxygen atoms in total. The molecule has 0 radical (unpaired) electrons. The number of nitrogens with zero attached hydrogens (tertiary/aromatic N) is 1. The molecule has 0 aromatic heterocycles. The average molecular weight is 251 g/mol. The van der Waals surface area contributed by atoms with Gasteiger partial charge in [0, 0.05) is 12.0 Å². The molecule has 18 heavy (non-hydrogen) atoms. The van der Waals surface area contributed by atoms with Crippen molar-refractivity contribution in [3.63, 3.8) is 0 Å². The van der Waals surface area contributed by atoms with Crippen LogP contribution in [0, 0.1) is 5.41 Å². The third kappa shape index (κ3) is 2.79. The summed E-state index contributed by atoms with van der Waals surface area (Å²) in [5.74, 6) is 0.0283. The van der Waals surface area contributed by atoms with Gasteiger partial charge >= 0.3 is 6.09 Å². The zero-order chi connectivity index (χ0) is 13.2. The molecule has 2 rings (SSSR count). The molecule has 0 aromatic carbocycles. The Morgan fingerprint density at radius 3 is 2.94 bits per heavy atom. The summed E-state index contributed by atoms with van der Waals surface area (Å²) in [5.41, 5.74) is 0.254. The molecule has 0 unspecified atom stereocenters. The van der Waals surface area contributed by atoms with Crippen LogP contribution in [0.25, 0.3) is 0 Å². The number of hydrogen-bond acceptors (Lipinski definition) is 4. The van der Waals surface area contributed by atoms with E-state index in [2.05, 4.69) is 0 Å². The first-order chi connectivity index (χ1) is 8.49. The fourth-order valence-electron chi connectivity index (χ4n) is 1.68. The van der Waals surface area contributed by atoms with Crippen molar-refractivity contribution in [2.45, 2.75) is 13.8 Å². The summed E-state index contributed by atoms with van der Waals surface area (Å²) in [6.07, 6.45) is 4.79. The van der Waals surface area contributed by atoms with E-state index in [1.54, 1.807) is 0 Å². The number of rotatable bonds is 2. The fourth-order valence-corrected chi connectivity index (χ4v) is 1.68. The third-order valence-corrected chi connectivity index (χ3v) is 3.04. The van der Waals surface area contributed by atoms with Crippen LogP contribution in [0.4, 0.5) is 4.79 Å². The lowest BCUT2D eigenvalue weighted by Gasteiger charge is -2.21. The Bertz CT molecular complexity index is 417. The van der Waals surface area contributed by atoms with Crippen molar-refractivity contribution in [2.75, 3.05) is 26.5 Å². The predicted molar refractivity (Wildman–Crippen MR) is 64.9 cm³/mol. The maximum Gasteiger partial charge on any atom is 0.412 e. The molecule has 1 heterocycles. The molecule has 0 atom stereocenters. The maximum atomic E-state index is 11.7. The molecule has 1 aliphatic carbocycles. The SMILES string of the molecule is CC1(C)C=CC(COC(=O)N2CCOC2)=CC1=O. The highest BCUT2D eigenvalue weighted by Gasteiger charge is 2.26. The first kappa shape index (κ1) is 12.8. The van der Waals surface area contributed by atoms with Gasteiger partial charge in [-0.3, -0.25) is 9.69 Å². The quantitative estimate of drug-likeness (QED) is 0.746. The molecule has 1 amide bonds. The van der Waals surface area contributed by atoms with E-state index in [9.17, 15) is 9.59 Å². The van der Waals surface area contributed by atoms with Crippen molar-refractivity contribution in [1.82, 2.24) is 4.90 Å². The number of hydrogen-bond donors (Lipinski definition) is 0. The minimum Gasteiger partial charge on any atom is -0.444 e. The van der Waals surface area contributed by atoms with Gasteiger partial charge in [-0.2, -0.15) is 0 Å². The summed E-state index contributed by atoms with van der Waals surface area (Å²) in [7, 11) is 0. The summed E-state index contributed by atoms with van der Waals surface area (Å²) >= 11 is 0. The van der Waals surface area contributed by atoms with Gasteiger partial charge in [-0.05, 0) is 25.5 Å². The second-order valence-corrected chi connectivity index (χ2v) is 4.99. The van der Waals surface area contributed by atoms with Crippen LogP contribution in [0.3, 0.4) is 0 Å². The van der Waals surface area contributed by atoms with Crippen LogP contribution < -0.4 is 0 Å². The van der Waals surface area contributed by atoms with E-state index < -0.39 is 11.5 Å². The lowest BCUT2D eigenvalue weighted by atomic mass is 9.83. The molecule has 0 N–H and O–H groups in total. The molecule has 0 aromatic rings.